The van der Waals surface area contributed by atoms with Crippen molar-refractivity contribution in [3.05, 3.63) is 59.2 Å². The van der Waals surface area contributed by atoms with E-state index in [1.165, 1.54) is 20.5 Å². The monoisotopic (exact) mass is 424 g/mol. The van der Waals surface area contributed by atoms with E-state index in [9.17, 15) is 14.4 Å². The van der Waals surface area contributed by atoms with Crippen LogP contribution in [0.15, 0.2) is 42.5 Å². The fraction of sp³-hybridized carbons (Fsp3) is 0.375. The van der Waals surface area contributed by atoms with Crippen molar-refractivity contribution in [2.45, 2.75) is 32.7 Å². The number of Topliss-reactive ketones (excluding diaryl/α,β-unsaturated/α-hetero) is 1. The average Bonchev–Trinajstić information content (AvgIpc) is 2.81. The highest BCUT2D eigenvalue weighted by atomic mass is 16.5. The summed E-state index contributed by atoms with van der Waals surface area (Å²) < 4.78 is 10.8. The Morgan fingerprint density at radius 3 is 2.45 bits per heavy atom. The maximum absolute atomic E-state index is 12.7. The number of nitrogens with one attached hydrogen (secondary N) is 1. The van der Waals surface area contributed by atoms with Gasteiger partial charge in [0.15, 0.2) is 23.9 Å². The van der Waals surface area contributed by atoms with Crippen LogP contribution in [-0.4, -0.2) is 49.3 Å². The maximum atomic E-state index is 12.7. The van der Waals surface area contributed by atoms with Crippen molar-refractivity contribution < 1.29 is 23.9 Å². The lowest BCUT2D eigenvalue weighted by atomic mass is 10.1. The molecule has 7 nitrogen and oxygen atoms in total. The second kappa shape index (κ2) is 10.6. The van der Waals surface area contributed by atoms with Gasteiger partial charge >= 0.3 is 0 Å². The van der Waals surface area contributed by atoms with E-state index in [2.05, 4.69) is 5.32 Å². The number of piperidine rings is 1. The van der Waals surface area contributed by atoms with Crippen LogP contribution in [0.2, 0.25) is 0 Å². The van der Waals surface area contributed by atoms with Crippen molar-refractivity contribution in [3.63, 3.8) is 0 Å². The van der Waals surface area contributed by atoms with E-state index in [4.69, 9.17) is 9.47 Å². The molecule has 1 heterocycles. The SMILES string of the molecule is COc1cc(C(C)=O)ccc1OCC(=O)NCc1cccc(C(=O)N2CCCCC2)c1. The number of rotatable bonds is 8. The Morgan fingerprint density at radius 1 is 0.968 bits per heavy atom. The van der Waals surface area contributed by atoms with Gasteiger partial charge in [-0.25, -0.2) is 0 Å². The number of carbonyl (C=O) groups excluding carboxylic acids is 3. The van der Waals surface area contributed by atoms with E-state index in [-0.39, 0.29) is 24.2 Å². The molecular weight excluding hydrogens is 396 g/mol. The number of ketones is 1. The van der Waals surface area contributed by atoms with Crippen molar-refractivity contribution in [3.8, 4) is 11.5 Å². The van der Waals surface area contributed by atoms with Crippen molar-refractivity contribution in [2.75, 3.05) is 26.8 Å². The minimum Gasteiger partial charge on any atom is -0.493 e. The van der Waals surface area contributed by atoms with E-state index in [0.717, 1.165) is 31.5 Å². The largest absolute Gasteiger partial charge is 0.493 e. The highest BCUT2D eigenvalue weighted by Crippen LogP contribution is 2.28. The predicted molar refractivity (Wildman–Crippen MR) is 117 cm³/mol. The fourth-order valence-electron chi connectivity index (χ4n) is 3.49. The molecule has 1 aliphatic rings. The number of ether oxygens (including phenoxy) is 2. The zero-order chi connectivity index (χ0) is 22.2. The number of benzene rings is 2. The lowest BCUT2D eigenvalue weighted by Crippen LogP contribution is -2.35. The molecule has 2 amide bonds. The Morgan fingerprint density at radius 2 is 1.74 bits per heavy atom. The number of carbonyl (C=O) groups is 3. The first-order valence-electron chi connectivity index (χ1n) is 10.4. The van der Waals surface area contributed by atoms with Crippen molar-refractivity contribution in [1.82, 2.24) is 10.2 Å². The summed E-state index contributed by atoms with van der Waals surface area (Å²) in [5.41, 5.74) is 1.99. The number of nitrogens with zero attached hydrogens (tertiary/aromatic N) is 1. The molecule has 0 aliphatic carbocycles. The molecule has 31 heavy (non-hydrogen) atoms. The first kappa shape index (κ1) is 22.3. The minimum absolute atomic E-state index is 0.0392. The van der Waals surface area contributed by atoms with E-state index in [1.807, 2.05) is 29.2 Å². The van der Waals surface area contributed by atoms with E-state index in [1.54, 1.807) is 18.2 Å². The molecule has 2 aromatic carbocycles. The third-order valence-electron chi connectivity index (χ3n) is 5.24. The highest BCUT2D eigenvalue weighted by molar-refractivity contribution is 5.95. The Labute approximate surface area is 182 Å². The van der Waals surface area contributed by atoms with E-state index >= 15 is 0 Å². The fourth-order valence-corrected chi connectivity index (χ4v) is 3.49. The molecule has 0 atom stereocenters. The Kier molecular flexibility index (Phi) is 7.65. The zero-order valence-corrected chi connectivity index (χ0v) is 18.0. The molecule has 7 heteroatoms. The van der Waals surface area contributed by atoms with Gasteiger partial charge in [-0.15, -0.1) is 0 Å². The van der Waals surface area contributed by atoms with Gasteiger partial charge in [-0.2, -0.15) is 0 Å². The summed E-state index contributed by atoms with van der Waals surface area (Å²) in [7, 11) is 1.48. The molecule has 0 saturated carbocycles. The third kappa shape index (κ3) is 6.07. The first-order valence-corrected chi connectivity index (χ1v) is 10.4. The highest BCUT2D eigenvalue weighted by Gasteiger charge is 2.18. The summed E-state index contributed by atoms with van der Waals surface area (Å²) in [6.45, 7) is 3.17. The molecule has 0 bridgehead atoms. The molecule has 164 valence electrons. The number of methoxy groups -OCH3 is 1. The van der Waals surface area contributed by atoms with Crippen LogP contribution >= 0.6 is 0 Å². The summed E-state index contributed by atoms with van der Waals surface area (Å²) in [6, 6.07) is 12.2. The topological polar surface area (TPSA) is 84.9 Å². The Balaban J connectivity index is 1.53. The zero-order valence-electron chi connectivity index (χ0n) is 18.0. The lowest BCUT2D eigenvalue weighted by Gasteiger charge is -2.26. The summed E-state index contributed by atoms with van der Waals surface area (Å²) >= 11 is 0. The summed E-state index contributed by atoms with van der Waals surface area (Å²) in [5.74, 6) is 0.438. The first-order chi connectivity index (χ1) is 15.0. The second-order valence-electron chi connectivity index (χ2n) is 7.54. The van der Waals surface area contributed by atoms with Crippen LogP contribution in [0.5, 0.6) is 11.5 Å². The van der Waals surface area contributed by atoms with Gasteiger partial charge in [-0.05, 0) is 62.1 Å². The van der Waals surface area contributed by atoms with Crippen LogP contribution in [0.1, 0.15) is 52.5 Å². The van der Waals surface area contributed by atoms with Gasteiger partial charge in [0.25, 0.3) is 11.8 Å². The molecule has 0 aromatic heterocycles. The molecule has 0 unspecified atom stereocenters. The molecular formula is C24H28N2O5. The quantitative estimate of drug-likeness (QED) is 0.658. The lowest BCUT2D eigenvalue weighted by molar-refractivity contribution is -0.123. The van der Waals surface area contributed by atoms with Gasteiger partial charge < -0.3 is 19.7 Å². The van der Waals surface area contributed by atoms with Crippen molar-refractivity contribution >= 4 is 17.6 Å². The molecule has 2 aromatic rings. The molecule has 0 radical (unpaired) electrons. The van der Waals surface area contributed by atoms with Crippen LogP contribution in [0, 0.1) is 0 Å². The van der Waals surface area contributed by atoms with Crippen LogP contribution in [-0.2, 0) is 11.3 Å². The van der Waals surface area contributed by atoms with Gasteiger partial charge in [0.2, 0.25) is 0 Å². The predicted octanol–water partition coefficient (Wildman–Crippen LogP) is 3.22. The molecule has 0 spiro atoms. The normalized spacial score (nSPS) is 13.4. The van der Waals surface area contributed by atoms with Crippen LogP contribution in [0.4, 0.5) is 0 Å². The maximum Gasteiger partial charge on any atom is 0.258 e. The van der Waals surface area contributed by atoms with E-state index < -0.39 is 0 Å². The average molecular weight is 424 g/mol. The van der Waals surface area contributed by atoms with Gasteiger partial charge in [0.05, 0.1) is 7.11 Å². The Bertz CT molecular complexity index is 951. The van der Waals surface area contributed by atoms with E-state index in [0.29, 0.717) is 29.2 Å². The van der Waals surface area contributed by atoms with Gasteiger partial charge in [-0.3, -0.25) is 14.4 Å². The third-order valence-corrected chi connectivity index (χ3v) is 5.24. The molecule has 1 aliphatic heterocycles. The van der Waals surface area contributed by atoms with Gasteiger partial charge in [0.1, 0.15) is 0 Å². The number of amides is 2. The summed E-state index contributed by atoms with van der Waals surface area (Å²) in [6.07, 6.45) is 3.26. The molecule has 1 saturated heterocycles. The number of hydrogen-bond donors (Lipinski definition) is 1. The van der Waals surface area contributed by atoms with Crippen molar-refractivity contribution in [1.29, 1.82) is 0 Å². The molecule has 1 fully saturated rings. The summed E-state index contributed by atoms with van der Waals surface area (Å²) in [4.78, 5) is 38.3. The van der Waals surface area contributed by atoms with Gasteiger partial charge in [-0.1, -0.05) is 12.1 Å². The van der Waals surface area contributed by atoms with Crippen LogP contribution < -0.4 is 14.8 Å². The number of hydrogen-bond acceptors (Lipinski definition) is 5. The van der Waals surface area contributed by atoms with Crippen molar-refractivity contribution in [2.24, 2.45) is 0 Å². The number of likely N-dealkylation sites (tertiary alicyclic amines) is 1. The Hall–Kier alpha value is -3.35. The smallest absolute Gasteiger partial charge is 0.258 e. The van der Waals surface area contributed by atoms with Crippen LogP contribution in [0.25, 0.3) is 0 Å². The standard InChI is InChI=1S/C24H28N2O5/c1-17(27)19-9-10-21(22(14-19)30-2)31-16-23(28)25-15-18-7-6-8-20(13-18)24(29)26-11-4-3-5-12-26/h6-10,13-14H,3-5,11-12,15-16H2,1-2H3,(H,25,28). The summed E-state index contributed by atoms with van der Waals surface area (Å²) in [5, 5.41) is 2.80. The molecule has 3 rings (SSSR count). The second-order valence-corrected chi connectivity index (χ2v) is 7.54. The molecule has 1 N–H and O–H groups in total. The minimum atomic E-state index is -0.301. The van der Waals surface area contributed by atoms with Gasteiger partial charge in [0, 0.05) is 30.8 Å². The van der Waals surface area contributed by atoms with Crippen LogP contribution in [0.3, 0.4) is 0 Å².